The third-order valence-electron chi connectivity index (χ3n) is 4.65. The molecule has 1 fully saturated rings. The number of rotatable bonds is 6. The molecule has 1 atom stereocenters. The predicted molar refractivity (Wildman–Crippen MR) is 110 cm³/mol. The quantitative estimate of drug-likeness (QED) is 0.502. The summed E-state index contributed by atoms with van der Waals surface area (Å²) < 4.78 is 11.4. The molecular weight excluding hydrogens is 338 g/mol. The molecule has 140 valence electrons. The SMILES string of the molecule is CCCN=C(Nc1ccc(O[C@H]2CCNC2)cc1)c1ccc2occc2c1. The number of nitrogens with one attached hydrogen (secondary N) is 2. The van der Waals surface area contributed by atoms with Gasteiger partial charge in [-0.2, -0.15) is 0 Å². The van der Waals surface area contributed by atoms with E-state index in [1.54, 1.807) is 6.26 Å². The number of aliphatic imine (C=N–C) groups is 1. The van der Waals surface area contributed by atoms with E-state index in [1.807, 2.05) is 42.5 Å². The molecule has 0 aliphatic carbocycles. The lowest BCUT2D eigenvalue weighted by Gasteiger charge is -2.14. The van der Waals surface area contributed by atoms with Crippen molar-refractivity contribution in [3.63, 3.8) is 0 Å². The van der Waals surface area contributed by atoms with E-state index in [1.165, 1.54) is 0 Å². The van der Waals surface area contributed by atoms with Crippen LogP contribution in [0.4, 0.5) is 5.69 Å². The van der Waals surface area contributed by atoms with E-state index in [-0.39, 0.29) is 6.10 Å². The number of nitrogens with zero attached hydrogens (tertiary/aromatic N) is 1. The summed E-state index contributed by atoms with van der Waals surface area (Å²) in [4.78, 5) is 4.74. The zero-order valence-corrected chi connectivity index (χ0v) is 15.6. The summed E-state index contributed by atoms with van der Waals surface area (Å²) in [6, 6.07) is 16.2. The minimum atomic E-state index is 0.271. The third kappa shape index (κ3) is 4.31. The van der Waals surface area contributed by atoms with Crippen molar-refractivity contribution >= 4 is 22.5 Å². The van der Waals surface area contributed by atoms with Gasteiger partial charge in [0, 0.05) is 29.7 Å². The molecule has 2 N–H and O–H groups in total. The molecule has 1 aliphatic heterocycles. The fourth-order valence-electron chi connectivity index (χ4n) is 3.22. The van der Waals surface area contributed by atoms with Crippen LogP contribution in [0.5, 0.6) is 5.75 Å². The maximum absolute atomic E-state index is 5.99. The molecule has 0 saturated carbocycles. The van der Waals surface area contributed by atoms with E-state index >= 15 is 0 Å². The molecule has 3 aromatic rings. The van der Waals surface area contributed by atoms with E-state index in [2.05, 4.69) is 23.6 Å². The normalized spacial score (nSPS) is 17.4. The number of hydrogen-bond acceptors (Lipinski definition) is 4. The van der Waals surface area contributed by atoms with E-state index in [0.717, 1.165) is 66.3 Å². The molecule has 1 saturated heterocycles. The highest BCUT2D eigenvalue weighted by atomic mass is 16.5. The van der Waals surface area contributed by atoms with Crippen LogP contribution in [0.15, 0.2) is 64.2 Å². The second-order valence-electron chi connectivity index (χ2n) is 6.79. The Labute approximate surface area is 159 Å². The van der Waals surface area contributed by atoms with Crippen molar-refractivity contribution < 1.29 is 9.15 Å². The van der Waals surface area contributed by atoms with Crippen LogP contribution in [-0.2, 0) is 0 Å². The maximum Gasteiger partial charge on any atom is 0.133 e. The molecule has 0 bridgehead atoms. The Morgan fingerprint density at radius 1 is 1.22 bits per heavy atom. The zero-order valence-electron chi connectivity index (χ0n) is 15.6. The topological polar surface area (TPSA) is 58.8 Å². The Morgan fingerprint density at radius 2 is 2.11 bits per heavy atom. The molecule has 5 nitrogen and oxygen atoms in total. The molecule has 2 heterocycles. The third-order valence-corrected chi connectivity index (χ3v) is 4.65. The summed E-state index contributed by atoms with van der Waals surface area (Å²) in [5.41, 5.74) is 2.93. The average molecular weight is 363 g/mol. The highest BCUT2D eigenvalue weighted by Crippen LogP contribution is 2.21. The van der Waals surface area contributed by atoms with Crippen molar-refractivity contribution in [3.8, 4) is 5.75 Å². The fraction of sp³-hybridized carbons (Fsp3) is 0.318. The van der Waals surface area contributed by atoms with Crippen LogP contribution in [0, 0.1) is 0 Å². The van der Waals surface area contributed by atoms with Gasteiger partial charge in [0.05, 0.1) is 6.26 Å². The number of hydrogen-bond donors (Lipinski definition) is 2. The second kappa shape index (κ2) is 8.27. The number of amidine groups is 1. The Morgan fingerprint density at radius 3 is 2.89 bits per heavy atom. The molecule has 0 radical (unpaired) electrons. The summed E-state index contributed by atoms with van der Waals surface area (Å²) in [5, 5.41) is 7.85. The number of fused-ring (bicyclic) bond motifs is 1. The van der Waals surface area contributed by atoms with Crippen LogP contribution in [0.25, 0.3) is 11.0 Å². The lowest BCUT2D eigenvalue weighted by molar-refractivity contribution is 0.223. The van der Waals surface area contributed by atoms with Gasteiger partial charge in [-0.1, -0.05) is 6.92 Å². The standard InChI is InChI=1S/C22H25N3O2/c1-2-11-24-22(17-3-8-21-16(14-17)10-13-26-21)25-18-4-6-19(7-5-18)27-20-9-12-23-15-20/h3-8,10,13-14,20,23H,2,9,11-12,15H2,1H3,(H,24,25)/t20-/m0/s1. The van der Waals surface area contributed by atoms with E-state index in [0.29, 0.717) is 0 Å². The molecule has 2 aromatic carbocycles. The first-order chi connectivity index (χ1) is 13.3. The van der Waals surface area contributed by atoms with Crippen molar-refractivity contribution in [1.29, 1.82) is 0 Å². The number of ether oxygens (including phenoxy) is 1. The smallest absolute Gasteiger partial charge is 0.133 e. The van der Waals surface area contributed by atoms with Crippen molar-refractivity contribution in [2.75, 3.05) is 25.0 Å². The first-order valence-electron chi connectivity index (χ1n) is 9.58. The van der Waals surface area contributed by atoms with Gasteiger partial charge in [-0.25, -0.2) is 0 Å². The van der Waals surface area contributed by atoms with Gasteiger partial charge in [0.2, 0.25) is 0 Å². The highest BCUT2D eigenvalue weighted by molar-refractivity contribution is 6.09. The van der Waals surface area contributed by atoms with E-state index < -0.39 is 0 Å². The van der Waals surface area contributed by atoms with Crippen molar-refractivity contribution in [2.45, 2.75) is 25.9 Å². The molecule has 1 aromatic heterocycles. The minimum Gasteiger partial charge on any atom is -0.489 e. The van der Waals surface area contributed by atoms with Gasteiger partial charge in [0.15, 0.2) is 0 Å². The summed E-state index contributed by atoms with van der Waals surface area (Å²) in [7, 11) is 0. The van der Waals surface area contributed by atoms with Gasteiger partial charge in [-0.3, -0.25) is 4.99 Å². The molecule has 0 unspecified atom stereocenters. The predicted octanol–water partition coefficient (Wildman–Crippen LogP) is 4.44. The van der Waals surface area contributed by atoms with Crippen LogP contribution in [0.1, 0.15) is 25.3 Å². The maximum atomic E-state index is 5.99. The van der Waals surface area contributed by atoms with Crippen LogP contribution in [-0.4, -0.2) is 31.6 Å². The van der Waals surface area contributed by atoms with E-state index in [4.69, 9.17) is 14.1 Å². The molecule has 1 aliphatic rings. The first-order valence-corrected chi connectivity index (χ1v) is 9.58. The van der Waals surface area contributed by atoms with Crippen LogP contribution in [0.2, 0.25) is 0 Å². The summed E-state index contributed by atoms with van der Waals surface area (Å²) in [6.07, 6.45) is 4.04. The Bertz CT molecular complexity index is 909. The van der Waals surface area contributed by atoms with Gasteiger partial charge >= 0.3 is 0 Å². The number of anilines is 1. The Hall–Kier alpha value is -2.79. The lowest BCUT2D eigenvalue weighted by atomic mass is 10.1. The lowest BCUT2D eigenvalue weighted by Crippen LogP contribution is -2.19. The van der Waals surface area contributed by atoms with Crippen LogP contribution < -0.4 is 15.4 Å². The van der Waals surface area contributed by atoms with Crippen LogP contribution in [0.3, 0.4) is 0 Å². The zero-order chi connectivity index (χ0) is 18.5. The van der Waals surface area contributed by atoms with Gasteiger partial charge in [0.1, 0.15) is 23.3 Å². The molecule has 0 spiro atoms. The monoisotopic (exact) mass is 363 g/mol. The molecule has 0 amide bonds. The van der Waals surface area contributed by atoms with E-state index in [9.17, 15) is 0 Å². The molecule has 5 heteroatoms. The van der Waals surface area contributed by atoms with Crippen molar-refractivity contribution in [1.82, 2.24) is 5.32 Å². The van der Waals surface area contributed by atoms with Gasteiger partial charge in [-0.15, -0.1) is 0 Å². The first kappa shape index (κ1) is 17.6. The van der Waals surface area contributed by atoms with Crippen LogP contribution >= 0.6 is 0 Å². The summed E-state index contributed by atoms with van der Waals surface area (Å²) in [6.45, 7) is 4.86. The average Bonchev–Trinajstić information content (AvgIpc) is 3.37. The van der Waals surface area contributed by atoms with Gasteiger partial charge < -0.3 is 19.8 Å². The Balaban J connectivity index is 1.51. The molecule has 4 rings (SSSR count). The summed E-state index contributed by atoms with van der Waals surface area (Å²) in [5.74, 6) is 1.77. The fourth-order valence-corrected chi connectivity index (χ4v) is 3.22. The Kier molecular flexibility index (Phi) is 5.39. The summed E-state index contributed by atoms with van der Waals surface area (Å²) >= 11 is 0. The van der Waals surface area contributed by atoms with Gasteiger partial charge in [0.25, 0.3) is 0 Å². The minimum absolute atomic E-state index is 0.271. The molecule has 27 heavy (non-hydrogen) atoms. The second-order valence-corrected chi connectivity index (χ2v) is 6.79. The number of benzene rings is 2. The van der Waals surface area contributed by atoms with Gasteiger partial charge in [-0.05, 0) is 67.9 Å². The van der Waals surface area contributed by atoms with Crippen molar-refractivity contribution in [3.05, 3.63) is 60.4 Å². The largest absolute Gasteiger partial charge is 0.489 e. The van der Waals surface area contributed by atoms with Crippen molar-refractivity contribution in [2.24, 2.45) is 4.99 Å². The number of furan rings is 1. The molecular formula is C22H25N3O2. The highest BCUT2D eigenvalue weighted by Gasteiger charge is 2.15.